The van der Waals surface area contributed by atoms with Crippen LogP contribution in [0.15, 0.2) is 12.1 Å². The summed E-state index contributed by atoms with van der Waals surface area (Å²) in [5.41, 5.74) is 0.756. The summed E-state index contributed by atoms with van der Waals surface area (Å²) in [4.78, 5) is 12.1. The van der Waals surface area contributed by atoms with E-state index in [0.29, 0.717) is 16.4 Å². The molecule has 0 unspecified atom stereocenters. The number of aryl methyl sites for hydroxylation is 3. The number of aromatic nitrogens is 2. The lowest BCUT2D eigenvalue weighted by Gasteiger charge is -2.06. The highest BCUT2D eigenvalue weighted by atomic mass is 35.5. The van der Waals surface area contributed by atoms with Gasteiger partial charge in [-0.3, -0.25) is 9.48 Å². The third-order valence-corrected chi connectivity index (χ3v) is 3.64. The Kier molecular flexibility index (Phi) is 3.90. The second-order valence-corrected chi connectivity index (χ2v) is 4.99. The Morgan fingerprint density at radius 2 is 2.00 bits per heavy atom. The van der Waals surface area contributed by atoms with E-state index in [1.165, 1.54) is 17.7 Å². The van der Waals surface area contributed by atoms with Crippen molar-refractivity contribution in [2.75, 3.05) is 0 Å². The van der Waals surface area contributed by atoms with Crippen LogP contribution in [0.4, 0.5) is 8.78 Å². The minimum atomic E-state index is -0.865. The highest BCUT2D eigenvalue weighted by molar-refractivity contribution is 6.30. The van der Waals surface area contributed by atoms with E-state index in [1.807, 2.05) is 0 Å². The molecule has 20 heavy (non-hydrogen) atoms. The second-order valence-electron chi connectivity index (χ2n) is 4.63. The Morgan fingerprint density at radius 1 is 1.35 bits per heavy atom. The number of hydrogen-bond donors (Lipinski definition) is 0. The van der Waals surface area contributed by atoms with Gasteiger partial charge in [-0.05, 0) is 25.5 Å². The monoisotopic (exact) mass is 298 g/mol. The van der Waals surface area contributed by atoms with Crippen LogP contribution in [0.3, 0.4) is 0 Å². The van der Waals surface area contributed by atoms with Crippen LogP contribution >= 0.6 is 11.6 Å². The van der Waals surface area contributed by atoms with E-state index in [2.05, 4.69) is 5.10 Å². The Morgan fingerprint density at radius 3 is 2.55 bits per heavy atom. The van der Waals surface area contributed by atoms with Crippen molar-refractivity contribution in [3.63, 3.8) is 0 Å². The van der Waals surface area contributed by atoms with E-state index >= 15 is 0 Å². The van der Waals surface area contributed by atoms with Crippen molar-refractivity contribution < 1.29 is 13.6 Å². The van der Waals surface area contributed by atoms with Gasteiger partial charge < -0.3 is 0 Å². The third kappa shape index (κ3) is 2.45. The smallest absolute Gasteiger partial charge is 0.173 e. The molecule has 0 saturated heterocycles. The first-order valence-corrected chi connectivity index (χ1v) is 6.36. The van der Waals surface area contributed by atoms with Crippen molar-refractivity contribution in [3.05, 3.63) is 51.3 Å². The van der Waals surface area contributed by atoms with Crippen molar-refractivity contribution >= 4 is 17.4 Å². The molecule has 0 atom stereocenters. The molecular formula is C14H13ClF2N2O. The summed E-state index contributed by atoms with van der Waals surface area (Å²) >= 11 is 6.02. The van der Waals surface area contributed by atoms with E-state index in [9.17, 15) is 13.6 Å². The number of nitrogens with zero attached hydrogens (tertiary/aromatic N) is 2. The van der Waals surface area contributed by atoms with E-state index in [0.717, 1.165) is 6.07 Å². The standard InChI is InChI=1S/C14H13ClF2N2O/c1-7-4-5-10(16)12(13(7)17)11(20)6-9-8(2)18-19(3)14(9)15/h4-5H,6H2,1-3H3. The van der Waals surface area contributed by atoms with Crippen molar-refractivity contribution in [2.45, 2.75) is 20.3 Å². The van der Waals surface area contributed by atoms with Crippen LogP contribution in [0.5, 0.6) is 0 Å². The van der Waals surface area contributed by atoms with E-state index in [1.54, 1.807) is 14.0 Å². The zero-order chi connectivity index (χ0) is 15.0. The lowest BCUT2D eigenvalue weighted by atomic mass is 10.0. The maximum absolute atomic E-state index is 13.9. The molecule has 0 amide bonds. The first-order valence-electron chi connectivity index (χ1n) is 5.98. The Bertz CT molecular complexity index is 695. The second kappa shape index (κ2) is 5.32. The number of ketones is 1. The molecule has 0 N–H and O–H groups in total. The van der Waals surface area contributed by atoms with Crippen LogP contribution in [-0.2, 0) is 13.5 Å². The summed E-state index contributed by atoms with van der Waals surface area (Å²) in [6, 6.07) is 2.38. The van der Waals surface area contributed by atoms with Crippen LogP contribution in [0.1, 0.15) is 27.2 Å². The molecule has 2 rings (SSSR count). The lowest BCUT2D eigenvalue weighted by molar-refractivity contribution is 0.0984. The Labute approximate surface area is 120 Å². The summed E-state index contributed by atoms with van der Waals surface area (Å²) in [6.45, 7) is 3.17. The van der Waals surface area contributed by atoms with Gasteiger partial charge in [-0.15, -0.1) is 0 Å². The van der Waals surface area contributed by atoms with Crippen molar-refractivity contribution in [3.8, 4) is 0 Å². The van der Waals surface area contributed by atoms with Gasteiger partial charge in [0.05, 0.1) is 11.3 Å². The van der Waals surface area contributed by atoms with Gasteiger partial charge in [0.25, 0.3) is 0 Å². The summed E-state index contributed by atoms with van der Waals surface area (Å²) in [5, 5.41) is 4.36. The minimum absolute atomic E-state index is 0.185. The fraction of sp³-hybridized carbons (Fsp3) is 0.286. The molecule has 106 valence electrons. The van der Waals surface area contributed by atoms with Crippen LogP contribution in [0.2, 0.25) is 5.15 Å². The molecule has 0 aliphatic carbocycles. The van der Waals surface area contributed by atoms with Gasteiger partial charge in [-0.25, -0.2) is 8.78 Å². The summed E-state index contributed by atoms with van der Waals surface area (Å²) < 4.78 is 29.0. The fourth-order valence-electron chi connectivity index (χ4n) is 2.04. The van der Waals surface area contributed by atoms with Gasteiger partial charge >= 0.3 is 0 Å². The van der Waals surface area contributed by atoms with Gasteiger partial charge in [-0.2, -0.15) is 5.10 Å². The lowest BCUT2D eigenvalue weighted by Crippen LogP contribution is -2.11. The molecule has 0 spiro atoms. The predicted molar refractivity (Wildman–Crippen MR) is 72.1 cm³/mol. The molecule has 1 aromatic heterocycles. The van der Waals surface area contributed by atoms with E-state index in [4.69, 9.17) is 11.6 Å². The first kappa shape index (κ1) is 14.7. The average Bonchev–Trinajstić information content (AvgIpc) is 2.61. The molecule has 0 saturated carbocycles. The van der Waals surface area contributed by atoms with E-state index < -0.39 is 23.0 Å². The molecular weight excluding hydrogens is 286 g/mol. The summed E-state index contributed by atoms with van der Waals surface area (Å²) in [7, 11) is 1.64. The number of carbonyl (C=O) groups excluding carboxylic acids is 1. The number of rotatable bonds is 3. The largest absolute Gasteiger partial charge is 0.294 e. The number of benzene rings is 1. The molecule has 0 aliphatic rings. The Balaban J connectivity index is 2.41. The van der Waals surface area contributed by atoms with Gasteiger partial charge in [0.1, 0.15) is 16.8 Å². The zero-order valence-electron chi connectivity index (χ0n) is 11.3. The maximum atomic E-state index is 13.9. The molecule has 0 bridgehead atoms. The quantitative estimate of drug-likeness (QED) is 0.814. The number of Topliss-reactive ketones (excluding diaryl/α,β-unsaturated/α-hetero) is 1. The van der Waals surface area contributed by atoms with Gasteiger partial charge in [0.15, 0.2) is 5.78 Å². The first-order chi connectivity index (χ1) is 9.32. The molecule has 1 aromatic carbocycles. The normalized spacial score (nSPS) is 10.9. The number of halogens is 3. The van der Waals surface area contributed by atoms with Crippen LogP contribution in [-0.4, -0.2) is 15.6 Å². The molecule has 6 heteroatoms. The summed E-state index contributed by atoms with van der Waals surface area (Å²) in [6.07, 6.45) is -0.185. The zero-order valence-corrected chi connectivity index (χ0v) is 12.1. The highest BCUT2D eigenvalue weighted by Crippen LogP contribution is 2.23. The van der Waals surface area contributed by atoms with Crippen molar-refractivity contribution in [1.29, 1.82) is 0 Å². The minimum Gasteiger partial charge on any atom is -0.294 e. The van der Waals surface area contributed by atoms with Gasteiger partial charge in [0.2, 0.25) is 0 Å². The number of hydrogen-bond acceptors (Lipinski definition) is 2. The van der Waals surface area contributed by atoms with Gasteiger partial charge in [0, 0.05) is 19.0 Å². The molecule has 0 fully saturated rings. The molecule has 1 heterocycles. The maximum Gasteiger partial charge on any atom is 0.173 e. The van der Waals surface area contributed by atoms with Crippen LogP contribution in [0, 0.1) is 25.5 Å². The Hall–Kier alpha value is -1.75. The molecule has 3 nitrogen and oxygen atoms in total. The van der Waals surface area contributed by atoms with Gasteiger partial charge in [-0.1, -0.05) is 17.7 Å². The topological polar surface area (TPSA) is 34.9 Å². The van der Waals surface area contributed by atoms with Crippen LogP contribution in [0.25, 0.3) is 0 Å². The van der Waals surface area contributed by atoms with Crippen molar-refractivity contribution in [2.24, 2.45) is 7.05 Å². The van der Waals surface area contributed by atoms with Crippen LogP contribution < -0.4 is 0 Å². The fourth-order valence-corrected chi connectivity index (χ4v) is 2.28. The average molecular weight is 299 g/mol. The summed E-state index contributed by atoms with van der Waals surface area (Å²) in [5.74, 6) is -2.34. The molecule has 0 radical (unpaired) electrons. The predicted octanol–water partition coefficient (Wildman–Crippen LogP) is 3.39. The van der Waals surface area contributed by atoms with E-state index in [-0.39, 0.29) is 12.0 Å². The number of carbonyl (C=O) groups is 1. The van der Waals surface area contributed by atoms with Crippen molar-refractivity contribution in [1.82, 2.24) is 9.78 Å². The molecule has 2 aromatic rings. The SMILES string of the molecule is Cc1ccc(F)c(C(=O)Cc2c(C)nn(C)c2Cl)c1F. The highest BCUT2D eigenvalue weighted by Gasteiger charge is 2.22. The molecule has 0 aliphatic heterocycles. The third-order valence-electron chi connectivity index (χ3n) is 3.17.